The molecule has 0 aromatic heterocycles. The molecule has 0 amide bonds. The quantitative estimate of drug-likeness (QED) is 0.701. The van der Waals surface area contributed by atoms with E-state index >= 15 is 0 Å². The van der Waals surface area contributed by atoms with Gasteiger partial charge in [-0.25, -0.2) is 0 Å². The van der Waals surface area contributed by atoms with Crippen molar-refractivity contribution < 1.29 is 0 Å². The van der Waals surface area contributed by atoms with E-state index in [1.165, 1.54) is 32.2 Å². The van der Waals surface area contributed by atoms with Crippen molar-refractivity contribution in [3.63, 3.8) is 0 Å². The van der Waals surface area contributed by atoms with Crippen molar-refractivity contribution in [3.05, 3.63) is 35.9 Å². The van der Waals surface area contributed by atoms with Crippen LogP contribution in [-0.2, 0) is 0 Å². The zero-order valence-corrected chi connectivity index (χ0v) is 10.7. The smallest absolute Gasteiger partial charge is 0.0607 e. The number of benzene rings is 1. The van der Waals surface area contributed by atoms with Crippen molar-refractivity contribution in [2.45, 2.75) is 38.6 Å². The van der Waals surface area contributed by atoms with Gasteiger partial charge in [-0.1, -0.05) is 43.4 Å². The predicted molar refractivity (Wildman–Crippen MR) is 72.8 cm³/mol. The van der Waals surface area contributed by atoms with Crippen molar-refractivity contribution in [1.29, 1.82) is 0 Å². The Bertz CT molecular complexity index is 385. The second kappa shape index (κ2) is 6.47. The van der Waals surface area contributed by atoms with Crippen molar-refractivity contribution in [3.8, 4) is 11.8 Å². The minimum atomic E-state index is 0.758. The maximum atomic E-state index is 3.31. The zero-order valence-electron chi connectivity index (χ0n) is 10.7. The molecule has 1 aromatic carbocycles. The normalized spacial score (nSPS) is 20.6. The molecular formula is C16H21N. The van der Waals surface area contributed by atoms with Gasteiger partial charge >= 0.3 is 0 Å². The van der Waals surface area contributed by atoms with E-state index in [0.29, 0.717) is 0 Å². The first kappa shape index (κ1) is 12.2. The van der Waals surface area contributed by atoms with E-state index in [9.17, 15) is 0 Å². The van der Waals surface area contributed by atoms with E-state index < -0.39 is 0 Å². The second-order valence-corrected chi connectivity index (χ2v) is 4.70. The van der Waals surface area contributed by atoms with Crippen LogP contribution in [0.25, 0.3) is 0 Å². The number of hydrogen-bond donors (Lipinski definition) is 0. The van der Waals surface area contributed by atoms with Crippen LogP contribution in [0.15, 0.2) is 30.3 Å². The summed E-state index contributed by atoms with van der Waals surface area (Å²) >= 11 is 0. The minimum absolute atomic E-state index is 0.758. The molecule has 0 aliphatic carbocycles. The Kier molecular flexibility index (Phi) is 4.64. The number of hydrogen-bond acceptors (Lipinski definition) is 1. The Balaban J connectivity index is 1.91. The summed E-state index contributed by atoms with van der Waals surface area (Å²) < 4.78 is 0. The van der Waals surface area contributed by atoms with Crippen LogP contribution in [0.2, 0.25) is 0 Å². The van der Waals surface area contributed by atoms with E-state index in [1.807, 2.05) is 18.2 Å². The van der Waals surface area contributed by atoms with Crippen LogP contribution in [0.4, 0.5) is 0 Å². The van der Waals surface area contributed by atoms with Crippen LogP contribution >= 0.6 is 0 Å². The number of likely N-dealkylation sites (tertiary alicyclic amines) is 1. The highest BCUT2D eigenvalue weighted by molar-refractivity contribution is 5.33. The van der Waals surface area contributed by atoms with Gasteiger partial charge < -0.3 is 0 Å². The molecule has 0 spiro atoms. The number of piperidine rings is 1. The van der Waals surface area contributed by atoms with Gasteiger partial charge in [-0.15, -0.1) is 0 Å². The van der Waals surface area contributed by atoms with E-state index in [2.05, 4.69) is 35.8 Å². The van der Waals surface area contributed by atoms with Crippen LogP contribution in [0.3, 0.4) is 0 Å². The van der Waals surface area contributed by atoms with Gasteiger partial charge in [0.2, 0.25) is 0 Å². The van der Waals surface area contributed by atoms with E-state index in [1.54, 1.807) is 0 Å². The van der Waals surface area contributed by atoms with Crippen LogP contribution in [0, 0.1) is 11.8 Å². The lowest BCUT2D eigenvalue weighted by Crippen LogP contribution is -2.39. The Morgan fingerprint density at radius 3 is 2.82 bits per heavy atom. The molecule has 0 N–H and O–H groups in total. The zero-order chi connectivity index (χ0) is 11.9. The molecule has 1 heterocycles. The Morgan fingerprint density at radius 1 is 1.24 bits per heavy atom. The van der Waals surface area contributed by atoms with Gasteiger partial charge in [0.25, 0.3) is 0 Å². The topological polar surface area (TPSA) is 3.24 Å². The van der Waals surface area contributed by atoms with Gasteiger partial charge in [-0.2, -0.15) is 0 Å². The van der Waals surface area contributed by atoms with Crippen molar-refractivity contribution in [1.82, 2.24) is 4.90 Å². The van der Waals surface area contributed by atoms with Crippen LogP contribution in [0.5, 0.6) is 0 Å². The highest BCUT2D eigenvalue weighted by Gasteiger charge is 2.19. The first-order valence-corrected chi connectivity index (χ1v) is 6.68. The average molecular weight is 227 g/mol. The van der Waals surface area contributed by atoms with Gasteiger partial charge in [-0.3, -0.25) is 4.90 Å². The summed E-state index contributed by atoms with van der Waals surface area (Å²) in [6.45, 7) is 4.43. The Labute approximate surface area is 105 Å². The Morgan fingerprint density at radius 2 is 2.06 bits per heavy atom. The highest BCUT2D eigenvalue weighted by atomic mass is 15.2. The molecule has 0 bridgehead atoms. The monoisotopic (exact) mass is 227 g/mol. The molecule has 90 valence electrons. The molecule has 2 rings (SSSR count). The van der Waals surface area contributed by atoms with E-state index in [4.69, 9.17) is 0 Å². The van der Waals surface area contributed by atoms with Crippen molar-refractivity contribution in [2.75, 3.05) is 13.1 Å². The van der Waals surface area contributed by atoms with Gasteiger partial charge in [-0.05, 0) is 37.9 Å². The molecule has 1 aromatic rings. The molecular weight excluding hydrogens is 206 g/mol. The maximum absolute atomic E-state index is 3.31. The van der Waals surface area contributed by atoms with Crippen LogP contribution in [-0.4, -0.2) is 24.0 Å². The molecule has 1 aliphatic heterocycles. The second-order valence-electron chi connectivity index (χ2n) is 4.70. The fourth-order valence-electron chi connectivity index (χ4n) is 2.50. The van der Waals surface area contributed by atoms with Gasteiger partial charge in [0.05, 0.1) is 6.54 Å². The van der Waals surface area contributed by atoms with E-state index in [-0.39, 0.29) is 0 Å². The van der Waals surface area contributed by atoms with E-state index in [0.717, 1.165) is 18.2 Å². The lowest BCUT2D eigenvalue weighted by atomic mass is 10.0. The van der Waals surface area contributed by atoms with Gasteiger partial charge in [0, 0.05) is 11.6 Å². The van der Waals surface area contributed by atoms with Crippen molar-refractivity contribution >= 4 is 0 Å². The number of rotatable bonds is 2. The molecule has 0 unspecified atom stereocenters. The molecule has 1 atom stereocenters. The SMILES string of the molecule is CC[C@@H]1CCCCN1CC#Cc1ccccc1. The summed E-state index contributed by atoms with van der Waals surface area (Å²) in [5.74, 6) is 6.56. The summed E-state index contributed by atoms with van der Waals surface area (Å²) in [6, 6.07) is 11.0. The molecule has 0 radical (unpaired) electrons. The number of nitrogens with zero attached hydrogens (tertiary/aromatic N) is 1. The molecule has 1 heteroatoms. The van der Waals surface area contributed by atoms with Gasteiger partial charge in [0.1, 0.15) is 0 Å². The predicted octanol–water partition coefficient (Wildman–Crippen LogP) is 3.30. The molecule has 1 fully saturated rings. The highest BCUT2D eigenvalue weighted by Crippen LogP contribution is 2.18. The molecule has 1 nitrogen and oxygen atoms in total. The van der Waals surface area contributed by atoms with Crippen molar-refractivity contribution in [2.24, 2.45) is 0 Å². The summed E-state index contributed by atoms with van der Waals surface area (Å²) in [4.78, 5) is 2.54. The first-order chi connectivity index (χ1) is 8.40. The summed E-state index contributed by atoms with van der Waals surface area (Å²) in [6.07, 6.45) is 5.33. The van der Waals surface area contributed by atoms with Gasteiger partial charge in [0.15, 0.2) is 0 Å². The minimum Gasteiger partial charge on any atom is -0.289 e. The third kappa shape index (κ3) is 3.61. The molecule has 17 heavy (non-hydrogen) atoms. The fraction of sp³-hybridized carbons (Fsp3) is 0.500. The Hall–Kier alpha value is -1.26. The molecule has 1 saturated heterocycles. The third-order valence-corrected chi connectivity index (χ3v) is 3.51. The van der Waals surface area contributed by atoms with Crippen LogP contribution < -0.4 is 0 Å². The first-order valence-electron chi connectivity index (χ1n) is 6.68. The average Bonchev–Trinajstić information content (AvgIpc) is 2.40. The maximum Gasteiger partial charge on any atom is 0.0607 e. The van der Waals surface area contributed by atoms with Crippen LogP contribution in [0.1, 0.15) is 38.2 Å². The molecule has 1 aliphatic rings. The largest absolute Gasteiger partial charge is 0.289 e. The molecule has 0 saturated carbocycles. The lowest BCUT2D eigenvalue weighted by Gasteiger charge is -2.33. The standard InChI is InChI=1S/C16H21N/c1-2-16-12-6-7-13-17(16)14-8-11-15-9-4-3-5-10-15/h3-5,9-10,16H,2,6-7,12-14H2,1H3/t16-/m1/s1. The summed E-state index contributed by atoms with van der Waals surface area (Å²) in [5, 5.41) is 0. The lowest BCUT2D eigenvalue weighted by molar-refractivity contribution is 0.163. The summed E-state index contributed by atoms with van der Waals surface area (Å²) in [5.41, 5.74) is 1.12. The third-order valence-electron chi connectivity index (χ3n) is 3.51. The summed E-state index contributed by atoms with van der Waals surface area (Å²) in [7, 11) is 0. The fourth-order valence-corrected chi connectivity index (χ4v) is 2.50.